The SMILES string of the molecule is COC1CCN(C(=O)CC2(N)CCC2)C1. The van der Waals surface area contributed by atoms with E-state index in [-0.39, 0.29) is 17.6 Å². The molecular weight excluding hydrogens is 192 g/mol. The average molecular weight is 212 g/mol. The molecule has 0 aromatic heterocycles. The third-order valence-corrected chi connectivity index (χ3v) is 3.68. The van der Waals surface area contributed by atoms with Gasteiger partial charge in [0.05, 0.1) is 6.10 Å². The Morgan fingerprint density at radius 1 is 1.60 bits per heavy atom. The standard InChI is InChI=1S/C11H20N2O2/c1-15-9-3-6-13(8-9)10(14)7-11(12)4-2-5-11/h9H,2-8,12H2,1H3. The molecule has 2 aliphatic rings. The number of hydrogen-bond acceptors (Lipinski definition) is 3. The van der Waals surface area contributed by atoms with E-state index in [1.54, 1.807) is 7.11 Å². The normalized spacial score (nSPS) is 28.9. The molecule has 4 heteroatoms. The van der Waals surface area contributed by atoms with E-state index in [2.05, 4.69) is 0 Å². The molecule has 1 saturated heterocycles. The van der Waals surface area contributed by atoms with Gasteiger partial charge < -0.3 is 15.4 Å². The Hall–Kier alpha value is -0.610. The van der Waals surface area contributed by atoms with Gasteiger partial charge in [-0.15, -0.1) is 0 Å². The highest BCUT2D eigenvalue weighted by atomic mass is 16.5. The summed E-state index contributed by atoms with van der Waals surface area (Å²) >= 11 is 0. The second-order valence-electron chi connectivity index (χ2n) is 4.88. The summed E-state index contributed by atoms with van der Waals surface area (Å²) in [4.78, 5) is 13.8. The first kappa shape index (κ1) is 10.9. The average Bonchev–Trinajstić information content (AvgIpc) is 2.63. The minimum Gasteiger partial charge on any atom is -0.380 e. The van der Waals surface area contributed by atoms with Gasteiger partial charge in [0, 0.05) is 32.2 Å². The van der Waals surface area contributed by atoms with Gasteiger partial charge in [-0.05, 0) is 25.7 Å². The second kappa shape index (κ2) is 4.10. The zero-order valence-corrected chi connectivity index (χ0v) is 9.37. The van der Waals surface area contributed by atoms with Gasteiger partial charge in [-0.25, -0.2) is 0 Å². The highest BCUT2D eigenvalue weighted by Gasteiger charge is 2.37. The van der Waals surface area contributed by atoms with Crippen LogP contribution in [0.2, 0.25) is 0 Å². The summed E-state index contributed by atoms with van der Waals surface area (Å²) in [5.74, 6) is 0.205. The molecule has 1 aliphatic carbocycles. The summed E-state index contributed by atoms with van der Waals surface area (Å²) in [6, 6.07) is 0. The smallest absolute Gasteiger partial charge is 0.224 e. The van der Waals surface area contributed by atoms with Gasteiger partial charge in [-0.1, -0.05) is 0 Å². The number of amides is 1. The Kier molecular flexibility index (Phi) is 2.98. The molecule has 0 spiro atoms. The molecule has 0 radical (unpaired) electrons. The first-order chi connectivity index (χ1) is 7.13. The highest BCUT2D eigenvalue weighted by molar-refractivity contribution is 5.78. The number of nitrogens with zero attached hydrogens (tertiary/aromatic N) is 1. The predicted octanol–water partition coefficient (Wildman–Crippen LogP) is 0.505. The lowest BCUT2D eigenvalue weighted by atomic mass is 9.75. The number of methoxy groups -OCH3 is 1. The molecule has 86 valence electrons. The summed E-state index contributed by atoms with van der Waals surface area (Å²) in [5, 5.41) is 0. The Morgan fingerprint density at radius 3 is 2.80 bits per heavy atom. The van der Waals surface area contributed by atoms with Gasteiger partial charge >= 0.3 is 0 Å². The van der Waals surface area contributed by atoms with Crippen LogP contribution in [0.25, 0.3) is 0 Å². The number of carbonyl (C=O) groups is 1. The fourth-order valence-corrected chi connectivity index (χ4v) is 2.37. The summed E-state index contributed by atoms with van der Waals surface area (Å²) in [7, 11) is 1.70. The van der Waals surface area contributed by atoms with Crippen molar-refractivity contribution < 1.29 is 9.53 Å². The zero-order chi connectivity index (χ0) is 10.9. The van der Waals surface area contributed by atoms with E-state index in [1.165, 1.54) is 6.42 Å². The molecular formula is C11H20N2O2. The van der Waals surface area contributed by atoms with Crippen molar-refractivity contribution in [2.45, 2.75) is 43.7 Å². The van der Waals surface area contributed by atoms with Crippen LogP contribution >= 0.6 is 0 Å². The number of hydrogen-bond donors (Lipinski definition) is 1. The Bertz CT molecular complexity index is 251. The number of nitrogens with two attached hydrogens (primary N) is 1. The fourth-order valence-electron chi connectivity index (χ4n) is 2.37. The molecule has 1 heterocycles. The summed E-state index contributed by atoms with van der Waals surface area (Å²) in [6.07, 6.45) is 4.87. The Labute approximate surface area is 90.8 Å². The monoisotopic (exact) mass is 212 g/mol. The van der Waals surface area contributed by atoms with E-state index in [0.717, 1.165) is 32.4 Å². The molecule has 15 heavy (non-hydrogen) atoms. The maximum absolute atomic E-state index is 11.9. The van der Waals surface area contributed by atoms with Crippen LogP contribution in [-0.4, -0.2) is 42.6 Å². The highest BCUT2D eigenvalue weighted by Crippen LogP contribution is 2.33. The van der Waals surface area contributed by atoms with Crippen LogP contribution < -0.4 is 5.73 Å². The van der Waals surface area contributed by atoms with E-state index in [4.69, 9.17) is 10.5 Å². The van der Waals surface area contributed by atoms with Crippen molar-refractivity contribution in [3.8, 4) is 0 Å². The summed E-state index contributed by atoms with van der Waals surface area (Å²) in [6.45, 7) is 1.57. The van der Waals surface area contributed by atoms with Crippen LogP contribution in [0.4, 0.5) is 0 Å². The van der Waals surface area contributed by atoms with E-state index in [9.17, 15) is 4.79 Å². The van der Waals surface area contributed by atoms with Crippen LogP contribution in [0.5, 0.6) is 0 Å². The molecule has 0 aromatic rings. The van der Waals surface area contributed by atoms with Crippen molar-refractivity contribution in [1.82, 2.24) is 4.90 Å². The molecule has 2 N–H and O–H groups in total. The molecule has 4 nitrogen and oxygen atoms in total. The van der Waals surface area contributed by atoms with Crippen LogP contribution in [0.3, 0.4) is 0 Å². The predicted molar refractivity (Wildman–Crippen MR) is 57.4 cm³/mol. The summed E-state index contributed by atoms with van der Waals surface area (Å²) in [5.41, 5.74) is 5.87. The number of carbonyl (C=O) groups excluding carboxylic acids is 1. The maximum Gasteiger partial charge on any atom is 0.224 e. The zero-order valence-electron chi connectivity index (χ0n) is 9.37. The second-order valence-corrected chi connectivity index (χ2v) is 4.88. The minimum atomic E-state index is -0.192. The number of likely N-dealkylation sites (tertiary alicyclic amines) is 1. The molecule has 0 aromatic carbocycles. The molecule has 1 aliphatic heterocycles. The van der Waals surface area contributed by atoms with Crippen LogP contribution in [0.1, 0.15) is 32.1 Å². The molecule has 1 saturated carbocycles. The number of rotatable bonds is 3. The van der Waals surface area contributed by atoms with Crippen LogP contribution in [0.15, 0.2) is 0 Å². The van der Waals surface area contributed by atoms with E-state index in [0.29, 0.717) is 6.42 Å². The van der Waals surface area contributed by atoms with Gasteiger partial charge in [0.1, 0.15) is 0 Å². The summed E-state index contributed by atoms with van der Waals surface area (Å²) < 4.78 is 5.24. The van der Waals surface area contributed by atoms with Gasteiger partial charge in [0.25, 0.3) is 0 Å². The molecule has 2 rings (SSSR count). The lowest BCUT2D eigenvalue weighted by Gasteiger charge is -2.38. The first-order valence-corrected chi connectivity index (χ1v) is 5.72. The van der Waals surface area contributed by atoms with Crippen LogP contribution in [-0.2, 0) is 9.53 Å². The van der Waals surface area contributed by atoms with Gasteiger partial charge in [-0.3, -0.25) is 4.79 Å². The lowest BCUT2D eigenvalue weighted by molar-refractivity contribution is -0.132. The van der Waals surface area contributed by atoms with Crippen molar-refractivity contribution in [3.63, 3.8) is 0 Å². The third-order valence-electron chi connectivity index (χ3n) is 3.68. The number of ether oxygens (including phenoxy) is 1. The largest absolute Gasteiger partial charge is 0.380 e. The molecule has 2 fully saturated rings. The maximum atomic E-state index is 11.9. The molecule has 1 unspecified atom stereocenters. The van der Waals surface area contributed by atoms with Gasteiger partial charge in [-0.2, -0.15) is 0 Å². The van der Waals surface area contributed by atoms with Crippen molar-refractivity contribution in [2.24, 2.45) is 5.73 Å². The van der Waals surface area contributed by atoms with E-state index >= 15 is 0 Å². The molecule has 1 atom stereocenters. The van der Waals surface area contributed by atoms with Crippen molar-refractivity contribution >= 4 is 5.91 Å². The Morgan fingerprint density at radius 2 is 2.33 bits per heavy atom. The minimum absolute atomic E-state index is 0.192. The fraction of sp³-hybridized carbons (Fsp3) is 0.909. The third kappa shape index (κ3) is 2.32. The molecule has 0 bridgehead atoms. The quantitative estimate of drug-likeness (QED) is 0.741. The first-order valence-electron chi connectivity index (χ1n) is 5.72. The Balaban J connectivity index is 1.81. The van der Waals surface area contributed by atoms with Crippen molar-refractivity contribution in [3.05, 3.63) is 0 Å². The topological polar surface area (TPSA) is 55.6 Å². The van der Waals surface area contributed by atoms with Crippen molar-refractivity contribution in [2.75, 3.05) is 20.2 Å². The van der Waals surface area contributed by atoms with Gasteiger partial charge in [0.2, 0.25) is 5.91 Å². The van der Waals surface area contributed by atoms with E-state index < -0.39 is 0 Å². The van der Waals surface area contributed by atoms with Crippen molar-refractivity contribution in [1.29, 1.82) is 0 Å². The van der Waals surface area contributed by atoms with Gasteiger partial charge in [0.15, 0.2) is 0 Å². The van der Waals surface area contributed by atoms with E-state index in [1.807, 2.05) is 4.90 Å². The van der Waals surface area contributed by atoms with Crippen LogP contribution in [0, 0.1) is 0 Å². The molecule has 1 amide bonds. The lowest BCUT2D eigenvalue weighted by Crippen LogP contribution is -2.50.